The fourth-order valence-corrected chi connectivity index (χ4v) is 0.375. The van der Waals surface area contributed by atoms with E-state index in [9.17, 15) is 0 Å². The molecule has 0 saturated carbocycles. The van der Waals surface area contributed by atoms with Gasteiger partial charge in [0.15, 0.2) is 0 Å². The summed E-state index contributed by atoms with van der Waals surface area (Å²) < 4.78 is 9.79. The highest BCUT2D eigenvalue weighted by atomic mass is 16.5. The molecule has 0 amide bonds. The van der Waals surface area contributed by atoms with Gasteiger partial charge < -0.3 is 9.47 Å². The molecule has 0 radical (unpaired) electrons. The number of hydrogen-bond acceptors (Lipinski definition) is 4. The minimum atomic E-state index is 0.637. The van der Waals surface area contributed by atoms with Gasteiger partial charge in [0, 0.05) is 13.7 Å². The Morgan fingerprint density at radius 1 is 1.33 bits per heavy atom. The molecule has 0 aliphatic heterocycles. The van der Waals surface area contributed by atoms with Gasteiger partial charge in [-0.3, -0.25) is 11.3 Å². The number of nitrogens with two attached hydrogens (primary N) is 1. The van der Waals surface area contributed by atoms with Crippen LogP contribution in [0.15, 0.2) is 0 Å². The van der Waals surface area contributed by atoms with E-state index in [1.165, 1.54) is 0 Å². The maximum atomic E-state index is 5.05. The summed E-state index contributed by atoms with van der Waals surface area (Å²) in [5, 5.41) is 0. The van der Waals surface area contributed by atoms with Crippen LogP contribution in [-0.2, 0) is 9.47 Å². The Morgan fingerprint density at radius 2 is 2.11 bits per heavy atom. The van der Waals surface area contributed by atoms with E-state index >= 15 is 0 Å². The summed E-state index contributed by atoms with van der Waals surface area (Å²) in [6.45, 7) is 2.60. The van der Waals surface area contributed by atoms with Gasteiger partial charge in [0.05, 0.1) is 19.8 Å². The molecule has 0 saturated heterocycles. The van der Waals surface area contributed by atoms with Gasteiger partial charge in [-0.25, -0.2) is 0 Å². The minimum Gasteiger partial charge on any atom is -0.382 e. The summed E-state index contributed by atoms with van der Waals surface area (Å²) in [7, 11) is 1.64. The van der Waals surface area contributed by atoms with Crippen LogP contribution in [0.25, 0.3) is 0 Å². The average molecular weight is 134 g/mol. The van der Waals surface area contributed by atoms with Gasteiger partial charge in [-0.2, -0.15) is 0 Å². The van der Waals surface area contributed by atoms with E-state index in [0.717, 1.165) is 0 Å². The molecule has 0 bridgehead atoms. The van der Waals surface area contributed by atoms with Crippen LogP contribution >= 0.6 is 0 Å². The monoisotopic (exact) mass is 134 g/mol. The quantitative estimate of drug-likeness (QED) is 0.281. The molecule has 0 rings (SSSR count). The van der Waals surface area contributed by atoms with E-state index in [1.54, 1.807) is 7.11 Å². The van der Waals surface area contributed by atoms with Crippen molar-refractivity contribution in [3.8, 4) is 0 Å². The maximum absolute atomic E-state index is 5.05. The molecular formula is C5H14N2O2. The molecule has 0 aliphatic rings. The largest absolute Gasteiger partial charge is 0.382 e. The van der Waals surface area contributed by atoms with Gasteiger partial charge in [-0.05, 0) is 0 Å². The third-order valence-electron chi connectivity index (χ3n) is 0.823. The Hall–Kier alpha value is -0.160. The van der Waals surface area contributed by atoms with E-state index in [0.29, 0.717) is 26.4 Å². The summed E-state index contributed by atoms with van der Waals surface area (Å²) >= 11 is 0. The zero-order valence-electron chi connectivity index (χ0n) is 5.72. The zero-order chi connectivity index (χ0) is 6.95. The van der Waals surface area contributed by atoms with Crippen molar-refractivity contribution in [3.05, 3.63) is 0 Å². The highest BCUT2D eigenvalue weighted by Gasteiger charge is 1.83. The average Bonchev–Trinajstić information content (AvgIpc) is 1.89. The molecule has 0 aromatic heterocycles. The molecule has 3 N–H and O–H groups in total. The topological polar surface area (TPSA) is 56.5 Å². The first-order valence-electron chi connectivity index (χ1n) is 2.92. The van der Waals surface area contributed by atoms with Crippen molar-refractivity contribution in [3.63, 3.8) is 0 Å². The highest BCUT2D eigenvalue weighted by Crippen LogP contribution is 1.72. The lowest BCUT2D eigenvalue weighted by molar-refractivity contribution is 0.0721. The molecule has 0 aromatic carbocycles. The van der Waals surface area contributed by atoms with Crippen LogP contribution < -0.4 is 11.3 Å². The Kier molecular flexibility index (Phi) is 7.70. The lowest BCUT2D eigenvalue weighted by Gasteiger charge is -2.00. The van der Waals surface area contributed by atoms with E-state index in [1.807, 2.05) is 0 Å². The second-order valence-corrected chi connectivity index (χ2v) is 1.56. The molecular weight excluding hydrogens is 120 g/mol. The smallest absolute Gasteiger partial charge is 0.0700 e. The van der Waals surface area contributed by atoms with Gasteiger partial charge >= 0.3 is 0 Å². The number of nitrogens with one attached hydrogen (secondary N) is 1. The summed E-state index contributed by atoms with van der Waals surface area (Å²) in [5.74, 6) is 4.98. The fraction of sp³-hybridized carbons (Fsp3) is 1.00. The summed E-state index contributed by atoms with van der Waals surface area (Å²) in [5.41, 5.74) is 2.48. The second kappa shape index (κ2) is 7.84. The van der Waals surface area contributed by atoms with Crippen molar-refractivity contribution in [2.75, 3.05) is 33.5 Å². The first-order chi connectivity index (χ1) is 4.41. The standard InChI is InChI=1S/C5H14N2O2/c1-8-4-5-9-3-2-7-6/h7H,2-6H2,1H3. The third kappa shape index (κ3) is 7.84. The van der Waals surface area contributed by atoms with Crippen molar-refractivity contribution in [2.24, 2.45) is 5.84 Å². The third-order valence-corrected chi connectivity index (χ3v) is 0.823. The van der Waals surface area contributed by atoms with Crippen molar-refractivity contribution in [1.29, 1.82) is 0 Å². The molecule has 0 aliphatic carbocycles. The lowest BCUT2D eigenvalue weighted by Crippen LogP contribution is -2.26. The van der Waals surface area contributed by atoms with Gasteiger partial charge in [0.25, 0.3) is 0 Å². The van der Waals surface area contributed by atoms with Crippen molar-refractivity contribution in [2.45, 2.75) is 0 Å². The molecule has 0 unspecified atom stereocenters. The molecule has 4 heteroatoms. The van der Waals surface area contributed by atoms with E-state index in [-0.39, 0.29) is 0 Å². The van der Waals surface area contributed by atoms with Crippen LogP contribution in [0.2, 0.25) is 0 Å². The minimum absolute atomic E-state index is 0.637. The van der Waals surface area contributed by atoms with Crippen LogP contribution in [0.4, 0.5) is 0 Å². The summed E-state index contributed by atoms with van der Waals surface area (Å²) in [6.07, 6.45) is 0. The van der Waals surface area contributed by atoms with Gasteiger partial charge in [-0.15, -0.1) is 0 Å². The number of rotatable bonds is 6. The first-order valence-corrected chi connectivity index (χ1v) is 2.92. The molecule has 0 atom stereocenters. The molecule has 0 fully saturated rings. The normalized spacial score (nSPS) is 10.0. The van der Waals surface area contributed by atoms with Crippen LogP contribution in [0.1, 0.15) is 0 Å². The van der Waals surface area contributed by atoms with Gasteiger partial charge in [0.2, 0.25) is 0 Å². The predicted octanol–water partition coefficient (Wildman–Crippen LogP) is -0.887. The van der Waals surface area contributed by atoms with Crippen LogP contribution in [0.3, 0.4) is 0 Å². The SMILES string of the molecule is COCCOCCNN. The molecule has 9 heavy (non-hydrogen) atoms. The molecule has 4 nitrogen and oxygen atoms in total. The summed E-state index contributed by atoms with van der Waals surface area (Å²) in [4.78, 5) is 0. The van der Waals surface area contributed by atoms with Crippen molar-refractivity contribution >= 4 is 0 Å². The van der Waals surface area contributed by atoms with E-state index < -0.39 is 0 Å². The van der Waals surface area contributed by atoms with Crippen LogP contribution in [0, 0.1) is 0 Å². The Morgan fingerprint density at radius 3 is 2.67 bits per heavy atom. The first kappa shape index (κ1) is 8.84. The Balaban J connectivity index is 2.60. The Labute approximate surface area is 55.3 Å². The van der Waals surface area contributed by atoms with Crippen LogP contribution in [-0.4, -0.2) is 33.5 Å². The zero-order valence-corrected chi connectivity index (χ0v) is 5.72. The number of methoxy groups -OCH3 is 1. The predicted molar refractivity (Wildman–Crippen MR) is 34.9 cm³/mol. The lowest BCUT2D eigenvalue weighted by atomic mass is 10.7. The number of hydrazine groups is 1. The molecule has 56 valence electrons. The highest BCUT2D eigenvalue weighted by molar-refractivity contribution is 4.33. The molecule has 0 heterocycles. The van der Waals surface area contributed by atoms with Crippen molar-refractivity contribution < 1.29 is 9.47 Å². The summed E-state index contributed by atoms with van der Waals surface area (Å²) in [6, 6.07) is 0. The van der Waals surface area contributed by atoms with Crippen LogP contribution in [0.5, 0.6) is 0 Å². The van der Waals surface area contributed by atoms with E-state index in [2.05, 4.69) is 5.43 Å². The fourth-order valence-electron chi connectivity index (χ4n) is 0.375. The van der Waals surface area contributed by atoms with Crippen molar-refractivity contribution in [1.82, 2.24) is 5.43 Å². The molecule has 0 aromatic rings. The number of hydrogen-bond donors (Lipinski definition) is 2. The maximum Gasteiger partial charge on any atom is 0.0700 e. The van der Waals surface area contributed by atoms with Gasteiger partial charge in [-0.1, -0.05) is 0 Å². The van der Waals surface area contributed by atoms with Gasteiger partial charge in [0.1, 0.15) is 0 Å². The Bertz CT molecular complexity index is 46.2. The molecule has 0 spiro atoms. The number of ether oxygens (including phenoxy) is 2. The van der Waals surface area contributed by atoms with E-state index in [4.69, 9.17) is 15.3 Å². The second-order valence-electron chi connectivity index (χ2n) is 1.56.